The summed E-state index contributed by atoms with van der Waals surface area (Å²) in [4.78, 5) is 26.4. The summed E-state index contributed by atoms with van der Waals surface area (Å²) in [6.07, 6.45) is 0.966. The second-order valence-electron chi connectivity index (χ2n) is 4.98. The van der Waals surface area contributed by atoms with Crippen molar-refractivity contribution in [2.75, 3.05) is 20.6 Å². The van der Waals surface area contributed by atoms with Crippen LogP contribution in [0.4, 0.5) is 4.79 Å². The van der Waals surface area contributed by atoms with E-state index in [1.165, 1.54) is 11.9 Å². The molecule has 0 aliphatic rings. The summed E-state index contributed by atoms with van der Waals surface area (Å²) in [6.45, 7) is 7.47. The first-order valence-electron chi connectivity index (χ1n) is 6.99. The molecule has 2 amide bonds. The van der Waals surface area contributed by atoms with E-state index in [9.17, 15) is 9.59 Å². The van der Waals surface area contributed by atoms with Crippen molar-refractivity contribution in [3.8, 4) is 0 Å². The molecule has 6 N–H and O–H groups in total. The largest absolute Gasteiger partial charge is 0.430 e. The third-order valence-corrected chi connectivity index (χ3v) is 2.87. The first-order valence-corrected chi connectivity index (χ1v) is 6.99. The lowest BCUT2D eigenvalue weighted by molar-refractivity contribution is -0.119. The van der Waals surface area contributed by atoms with Crippen LogP contribution in [0, 0.1) is 0 Å². The normalized spacial score (nSPS) is 13.9. The number of amidine groups is 1. The molecule has 0 aliphatic carbocycles. The number of hydrazine groups is 1. The number of hydrogen-bond donors (Lipinski definition) is 4. The van der Waals surface area contributed by atoms with Crippen LogP contribution in [0.1, 0.15) is 20.3 Å². The highest BCUT2D eigenvalue weighted by molar-refractivity contribution is 5.84. The van der Waals surface area contributed by atoms with Crippen LogP contribution in [0.15, 0.2) is 29.0 Å². The summed E-state index contributed by atoms with van der Waals surface area (Å²) in [5, 5.41) is 10.7. The van der Waals surface area contributed by atoms with E-state index in [1.807, 2.05) is 6.92 Å². The summed E-state index contributed by atoms with van der Waals surface area (Å²) in [7, 11) is 3.34. The van der Waals surface area contributed by atoms with Crippen molar-refractivity contribution < 1.29 is 14.4 Å². The fourth-order valence-electron chi connectivity index (χ4n) is 2.03. The van der Waals surface area contributed by atoms with Crippen molar-refractivity contribution >= 4 is 17.8 Å². The Morgan fingerprint density at radius 3 is 2.48 bits per heavy atom. The van der Waals surface area contributed by atoms with Gasteiger partial charge in [0.05, 0.1) is 6.04 Å². The molecular weight excluding hydrogens is 300 g/mol. The van der Waals surface area contributed by atoms with Crippen LogP contribution < -0.4 is 22.2 Å². The van der Waals surface area contributed by atoms with Gasteiger partial charge in [-0.3, -0.25) is 15.5 Å². The van der Waals surface area contributed by atoms with Gasteiger partial charge in [0, 0.05) is 34.0 Å². The van der Waals surface area contributed by atoms with E-state index in [2.05, 4.69) is 27.2 Å². The second kappa shape index (κ2) is 10.4. The van der Waals surface area contributed by atoms with Gasteiger partial charge in [-0.05, 0) is 18.1 Å². The Morgan fingerprint density at radius 2 is 2.09 bits per heavy atom. The SMILES string of the molecule is C=C/C(=C(/C/C(=N/OC(N)=O)NC)CN(C)N)[C@H](C)NC(C)=O. The number of carbonyl (C=O) groups is 2. The zero-order chi connectivity index (χ0) is 18.0. The lowest BCUT2D eigenvalue weighted by atomic mass is 9.98. The molecular formula is C14H26N6O3. The van der Waals surface area contributed by atoms with Crippen LogP contribution in [0.25, 0.3) is 0 Å². The summed E-state index contributed by atoms with van der Waals surface area (Å²) in [5.41, 5.74) is 6.56. The number of rotatable bonds is 8. The molecule has 0 radical (unpaired) electrons. The fraction of sp³-hybridized carbons (Fsp3) is 0.500. The molecule has 0 heterocycles. The molecule has 0 unspecified atom stereocenters. The third-order valence-electron chi connectivity index (χ3n) is 2.87. The average Bonchev–Trinajstić information content (AvgIpc) is 2.42. The molecule has 0 fully saturated rings. The Balaban J connectivity index is 5.55. The third kappa shape index (κ3) is 8.59. The van der Waals surface area contributed by atoms with E-state index >= 15 is 0 Å². The summed E-state index contributed by atoms with van der Waals surface area (Å²) >= 11 is 0. The number of hydrogen-bond acceptors (Lipinski definition) is 6. The maximum Gasteiger partial charge on any atom is 0.430 e. The van der Waals surface area contributed by atoms with Gasteiger partial charge in [0.2, 0.25) is 5.91 Å². The molecule has 9 heteroatoms. The number of nitrogens with two attached hydrogens (primary N) is 2. The predicted molar refractivity (Wildman–Crippen MR) is 89.1 cm³/mol. The topological polar surface area (TPSA) is 135 Å². The van der Waals surface area contributed by atoms with E-state index in [0.29, 0.717) is 18.8 Å². The summed E-state index contributed by atoms with van der Waals surface area (Å²) < 4.78 is 0. The standard InChI is InChI=1S/C14H26N6O3/c1-6-12(9(2)18-10(3)21)11(8-20(5)16)7-13(17-4)19-23-14(15)22/h6,9H,1,7-8,16H2,2-5H3,(H2,15,22)(H,17,19)(H,18,21)/b12-11+/t9-/m0/s1. The number of oxime groups is 1. The minimum Gasteiger partial charge on any atom is -0.374 e. The van der Waals surface area contributed by atoms with Gasteiger partial charge >= 0.3 is 6.09 Å². The van der Waals surface area contributed by atoms with Gasteiger partial charge in [-0.25, -0.2) is 9.80 Å². The predicted octanol–water partition coefficient (Wildman–Crippen LogP) is -0.183. The van der Waals surface area contributed by atoms with E-state index in [-0.39, 0.29) is 11.9 Å². The number of amides is 2. The van der Waals surface area contributed by atoms with Gasteiger partial charge < -0.3 is 16.4 Å². The quantitative estimate of drug-likeness (QED) is 0.122. The highest BCUT2D eigenvalue weighted by atomic mass is 16.7. The van der Waals surface area contributed by atoms with Crippen molar-refractivity contribution in [3.05, 3.63) is 23.8 Å². The van der Waals surface area contributed by atoms with Crippen molar-refractivity contribution in [2.24, 2.45) is 16.7 Å². The molecule has 0 aromatic carbocycles. The molecule has 0 saturated carbocycles. The molecule has 1 atom stereocenters. The minimum atomic E-state index is -1.00. The number of primary amides is 1. The van der Waals surface area contributed by atoms with E-state index in [4.69, 9.17) is 11.6 Å². The van der Waals surface area contributed by atoms with Crippen LogP contribution in [-0.2, 0) is 9.63 Å². The van der Waals surface area contributed by atoms with Gasteiger partial charge in [-0.15, -0.1) is 0 Å². The second-order valence-corrected chi connectivity index (χ2v) is 4.98. The first kappa shape index (κ1) is 20.6. The van der Waals surface area contributed by atoms with Crippen LogP contribution >= 0.6 is 0 Å². The molecule has 0 aromatic rings. The van der Waals surface area contributed by atoms with Gasteiger partial charge in [0.1, 0.15) is 5.84 Å². The lowest BCUT2D eigenvalue weighted by Gasteiger charge is -2.22. The maximum absolute atomic E-state index is 11.3. The molecule has 0 rings (SSSR count). The maximum atomic E-state index is 11.3. The Hall–Kier alpha value is -2.39. The number of carbonyl (C=O) groups excluding carboxylic acids is 2. The minimum absolute atomic E-state index is 0.156. The van der Waals surface area contributed by atoms with E-state index in [0.717, 1.165) is 11.1 Å². The smallest absolute Gasteiger partial charge is 0.374 e. The van der Waals surface area contributed by atoms with E-state index in [1.54, 1.807) is 20.2 Å². The van der Waals surface area contributed by atoms with Crippen molar-refractivity contribution in [1.82, 2.24) is 15.6 Å². The van der Waals surface area contributed by atoms with Crippen LogP contribution in [0.5, 0.6) is 0 Å². The van der Waals surface area contributed by atoms with Crippen LogP contribution in [-0.4, -0.2) is 49.5 Å². The van der Waals surface area contributed by atoms with Crippen molar-refractivity contribution in [1.29, 1.82) is 0 Å². The molecule has 130 valence electrons. The molecule has 0 aliphatic heterocycles. The molecule has 23 heavy (non-hydrogen) atoms. The van der Waals surface area contributed by atoms with Crippen LogP contribution in [0.3, 0.4) is 0 Å². The Kier molecular flexibility index (Phi) is 9.28. The molecule has 9 nitrogen and oxygen atoms in total. The lowest BCUT2D eigenvalue weighted by Crippen LogP contribution is -2.35. The highest BCUT2D eigenvalue weighted by Crippen LogP contribution is 2.16. The van der Waals surface area contributed by atoms with Crippen LogP contribution in [0.2, 0.25) is 0 Å². The molecule has 0 saturated heterocycles. The first-order chi connectivity index (χ1) is 10.7. The Morgan fingerprint density at radius 1 is 1.48 bits per heavy atom. The van der Waals surface area contributed by atoms with E-state index < -0.39 is 6.09 Å². The molecule has 0 spiro atoms. The fourth-order valence-corrected chi connectivity index (χ4v) is 2.03. The number of nitrogens with one attached hydrogen (secondary N) is 2. The van der Waals surface area contributed by atoms with Gasteiger partial charge in [-0.2, -0.15) is 0 Å². The zero-order valence-corrected chi connectivity index (χ0v) is 14.0. The Labute approximate surface area is 136 Å². The molecule has 0 bridgehead atoms. The summed E-state index contributed by atoms with van der Waals surface area (Å²) in [6, 6.07) is -0.255. The summed E-state index contributed by atoms with van der Waals surface area (Å²) in [5.74, 6) is 5.97. The van der Waals surface area contributed by atoms with Gasteiger partial charge in [0.25, 0.3) is 0 Å². The Bertz CT molecular complexity index is 499. The van der Waals surface area contributed by atoms with Gasteiger partial charge in [0.15, 0.2) is 0 Å². The molecule has 0 aromatic heterocycles. The van der Waals surface area contributed by atoms with Gasteiger partial charge in [-0.1, -0.05) is 17.8 Å². The average molecular weight is 326 g/mol. The highest BCUT2D eigenvalue weighted by Gasteiger charge is 2.16. The van der Waals surface area contributed by atoms with Crippen molar-refractivity contribution in [2.45, 2.75) is 26.3 Å². The monoisotopic (exact) mass is 326 g/mol. The van der Waals surface area contributed by atoms with Crippen molar-refractivity contribution in [3.63, 3.8) is 0 Å². The number of nitrogens with zero attached hydrogens (tertiary/aromatic N) is 2. The number of likely N-dealkylation sites (N-methyl/N-ethyl adjacent to an activating group) is 1. The zero-order valence-electron chi connectivity index (χ0n) is 14.0.